The highest BCUT2D eigenvalue weighted by molar-refractivity contribution is 7.89. The molecule has 2 aromatic rings. The number of piperidine rings is 1. The van der Waals surface area contributed by atoms with Gasteiger partial charge in [0.25, 0.3) is 0 Å². The fourth-order valence-electron chi connectivity index (χ4n) is 3.92. The maximum Gasteiger partial charge on any atom is 0.417 e. The van der Waals surface area contributed by atoms with Crippen molar-refractivity contribution in [2.45, 2.75) is 49.3 Å². The molecule has 0 radical (unpaired) electrons. The van der Waals surface area contributed by atoms with Crippen molar-refractivity contribution in [3.8, 4) is 0 Å². The van der Waals surface area contributed by atoms with Crippen LogP contribution in [0.1, 0.15) is 30.9 Å². The van der Waals surface area contributed by atoms with Crippen LogP contribution in [0.3, 0.4) is 0 Å². The first kappa shape index (κ1) is 26.6. The summed E-state index contributed by atoms with van der Waals surface area (Å²) in [5.74, 6) is -1.36. The summed E-state index contributed by atoms with van der Waals surface area (Å²) < 4.78 is 79.9. The zero-order valence-corrected chi connectivity index (χ0v) is 19.6. The van der Waals surface area contributed by atoms with E-state index in [1.165, 1.54) is 37.3 Å². The number of sulfonamides is 1. The molecule has 1 atom stereocenters. The first-order valence-electron chi connectivity index (χ1n) is 10.9. The van der Waals surface area contributed by atoms with Gasteiger partial charge >= 0.3 is 6.18 Å². The van der Waals surface area contributed by atoms with Gasteiger partial charge in [-0.3, -0.25) is 9.59 Å². The number of hydrogen-bond donors (Lipinski definition) is 2. The lowest BCUT2D eigenvalue weighted by molar-refractivity contribution is -0.140. The molecule has 1 heterocycles. The topological polar surface area (TPSA) is 95.6 Å². The van der Waals surface area contributed by atoms with E-state index in [-0.39, 0.29) is 32.4 Å². The molecule has 0 unspecified atom stereocenters. The minimum atomic E-state index is -4.82. The summed E-state index contributed by atoms with van der Waals surface area (Å²) in [7, 11) is -4.39. The van der Waals surface area contributed by atoms with Crippen LogP contribution in [0.2, 0.25) is 0 Å². The van der Waals surface area contributed by atoms with Gasteiger partial charge in [-0.2, -0.15) is 17.5 Å². The number of rotatable bonds is 7. The van der Waals surface area contributed by atoms with Crippen molar-refractivity contribution < 1.29 is 35.6 Å². The monoisotopic (exact) mass is 515 g/mol. The number of benzene rings is 2. The summed E-state index contributed by atoms with van der Waals surface area (Å²) in [5.41, 5.74) is -0.598. The van der Waals surface area contributed by atoms with Crippen LogP contribution >= 0.6 is 0 Å². The highest BCUT2D eigenvalue weighted by atomic mass is 32.2. The first-order valence-corrected chi connectivity index (χ1v) is 12.3. The predicted molar refractivity (Wildman–Crippen MR) is 119 cm³/mol. The molecule has 1 aliphatic rings. The molecule has 7 nitrogen and oxygen atoms in total. The Bertz CT molecular complexity index is 1160. The Morgan fingerprint density at radius 1 is 1.06 bits per heavy atom. The Kier molecular flexibility index (Phi) is 8.16. The van der Waals surface area contributed by atoms with E-state index < -0.39 is 56.4 Å². The van der Waals surface area contributed by atoms with Crippen molar-refractivity contribution in [2.24, 2.45) is 0 Å². The van der Waals surface area contributed by atoms with E-state index in [2.05, 4.69) is 10.6 Å². The van der Waals surface area contributed by atoms with Gasteiger partial charge in [-0.25, -0.2) is 12.8 Å². The quantitative estimate of drug-likeness (QED) is 0.555. The molecule has 0 aromatic heterocycles. The smallest absolute Gasteiger partial charge is 0.351 e. The van der Waals surface area contributed by atoms with E-state index in [1.54, 1.807) is 0 Å². The van der Waals surface area contributed by atoms with Crippen LogP contribution in [-0.4, -0.2) is 49.7 Å². The van der Waals surface area contributed by atoms with E-state index >= 15 is 0 Å². The number of nitrogens with zero attached hydrogens (tertiary/aromatic N) is 1. The fraction of sp³-hybridized carbons (Fsp3) is 0.391. The Hall–Kier alpha value is -2.99. The molecule has 3 rings (SSSR count). The molecule has 35 heavy (non-hydrogen) atoms. The number of carbonyl (C=O) groups excluding carboxylic acids is 2. The predicted octanol–water partition coefficient (Wildman–Crippen LogP) is 2.86. The normalized spacial score (nSPS) is 16.5. The van der Waals surface area contributed by atoms with Crippen molar-refractivity contribution in [2.75, 3.05) is 13.1 Å². The number of alkyl halides is 3. The van der Waals surface area contributed by atoms with E-state index in [1.807, 2.05) is 0 Å². The van der Waals surface area contributed by atoms with Crippen LogP contribution in [0.15, 0.2) is 53.4 Å². The lowest BCUT2D eigenvalue weighted by atomic mass is 10.0. The van der Waals surface area contributed by atoms with Crippen LogP contribution < -0.4 is 10.6 Å². The SMILES string of the molecule is CC(=O)N[C@@H](Cc1ccc(F)cc1)C(=O)NC1CCN(S(=O)(=O)c2ccccc2C(F)(F)F)CC1. The zero-order chi connectivity index (χ0) is 25.8. The minimum absolute atomic E-state index is 0.0811. The third-order valence-corrected chi connectivity index (χ3v) is 7.61. The second kappa shape index (κ2) is 10.7. The number of carbonyl (C=O) groups is 2. The molecule has 12 heteroatoms. The zero-order valence-electron chi connectivity index (χ0n) is 18.8. The maximum atomic E-state index is 13.3. The lowest BCUT2D eigenvalue weighted by Gasteiger charge is -2.33. The number of hydrogen-bond acceptors (Lipinski definition) is 4. The van der Waals surface area contributed by atoms with Crippen molar-refractivity contribution >= 4 is 21.8 Å². The van der Waals surface area contributed by atoms with E-state index in [0.29, 0.717) is 5.56 Å². The Balaban J connectivity index is 1.65. The molecule has 2 aromatic carbocycles. The molecular formula is C23H25F4N3O4S. The van der Waals surface area contributed by atoms with Crippen LogP contribution in [-0.2, 0) is 32.2 Å². The van der Waals surface area contributed by atoms with E-state index in [0.717, 1.165) is 22.5 Å². The van der Waals surface area contributed by atoms with Crippen molar-refractivity contribution in [3.63, 3.8) is 0 Å². The average molecular weight is 516 g/mol. The van der Waals surface area contributed by atoms with Gasteiger partial charge in [0, 0.05) is 32.5 Å². The fourth-order valence-corrected chi connectivity index (χ4v) is 5.60. The number of halogens is 4. The molecule has 2 amide bonds. The summed E-state index contributed by atoms with van der Waals surface area (Å²) in [6.45, 7) is 1.09. The summed E-state index contributed by atoms with van der Waals surface area (Å²) in [6.07, 6.45) is -4.34. The lowest BCUT2D eigenvalue weighted by Crippen LogP contribution is -2.53. The summed E-state index contributed by atoms with van der Waals surface area (Å²) >= 11 is 0. The molecule has 0 spiro atoms. The Labute approximate surface area is 200 Å². The van der Waals surface area contributed by atoms with Crippen LogP contribution in [0.4, 0.5) is 17.6 Å². The summed E-state index contributed by atoms with van der Waals surface area (Å²) in [6, 6.07) is 8.13. The molecule has 1 saturated heterocycles. The van der Waals surface area contributed by atoms with Crippen molar-refractivity contribution in [1.29, 1.82) is 0 Å². The van der Waals surface area contributed by atoms with Gasteiger partial charge in [-0.05, 0) is 42.7 Å². The molecule has 0 bridgehead atoms. The number of amides is 2. The maximum absolute atomic E-state index is 13.3. The molecule has 2 N–H and O–H groups in total. The molecular weight excluding hydrogens is 490 g/mol. The number of nitrogens with one attached hydrogen (secondary N) is 2. The average Bonchev–Trinajstić information content (AvgIpc) is 2.79. The second-order valence-electron chi connectivity index (χ2n) is 8.26. The first-order chi connectivity index (χ1) is 16.4. The molecule has 0 saturated carbocycles. The largest absolute Gasteiger partial charge is 0.417 e. The molecule has 1 fully saturated rings. The van der Waals surface area contributed by atoms with Crippen LogP contribution in [0.5, 0.6) is 0 Å². The van der Waals surface area contributed by atoms with Gasteiger partial charge < -0.3 is 10.6 Å². The Morgan fingerprint density at radius 2 is 1.66 bits per heavy atom. The standard InChI is InChI=1S/C23H25F4N3O4S/c1-15(31)28-20(14-16-6-8-17(24)9-7-16)22(32)29-18-10-12-30(13-11-18)35(33,34)21-5-3-2-4-19(21)23(25,26)27/h2-9,18,20H,10-14H2,1H3,(H,28,31)(H,29,32)/t20-/m0/s1. The Morgan fingerprint density at radius 3 is 2.23 bits per heavy atom. The van der Waals surface area contributed by atoms with Crippen LogP contribution in [0, 0.1) is 5.82 Å². The van der Waals surface area contributed by atoms with E-state index in [4.69, 9.17) is 0 Å². The van der Waals surface area contributed by atoms with Gasteiger partial charge in [0.1, 0.15) is 11.9 Å². The van der Waals surface area contributed by atoms with Gasteiger partial charge in [-0.15, -0.1) is 0 Å². The summed E-state index contributed by atoms with van der Waals surface area (Å²) in [5, 5.41) is 5.32. The molecule has 190 valence electrons. The third-order valence-electron chi connectivity index (χ3n) is 5.66. The minimum Gasteiger partial charge on any atom is -0.351 e. The van der Waals surface area contributed by atoms with Crippen LogP contribution in [0.25, 0.3) is 0 Å². The van der Waals surface area contributed by atoms with Gasteiger partial charge in [0.05, 0.1) is 10.5 Å². The highest BCUT2D eigenvalue weighted by Gasteiger charge is 2.39. The van der Waals surface area contributed by atoms with Gasteiger partial charge in [0.2, 0.25) is 21.8 Å². The van der Waals surface area contributed by atoms with Crippen molar-refractivity contribution in [1.82, 2.24) is 14.9 Å². The molecule has 0 aliphatic carbocycles. The highest BCUT2D eigenvalue weighted by Crippen LogP contribution is 2.35. The third kappa shape index (κ3) is 6.79. The van der Waals surface area contributed by atoms with Gasteiger partial charge in [-0.1, -0.05) is 24.3 Å². The molecule has 1 aliphatic heterocycles. The second-order valence-corrected chi connectivity index (χ2v) is 10.2. The van der Waals surface area contributed by atoms with E-state index in [9.17, 15) is 35.6 Å². The van der Waals surface area contributed by atoms with Crippen molar-refractivity contribution in [3.05, 3.63) is 65.5 Å². The summed E-state index contributed by atoms with van der Waals surface area (Å²) in [4.78, 5) is 23.6. The van der Waals surface area contributed by atoms with Gasteiger partial charge in [0.15, 0.2) is 0 Å².